The second kappa shape index (κ2) is 4.37. The van der Waals surface area contributed by atoms with Gasteiger partial charge in [-0.2, -0.15) is 4.52 Å². The van der Waals surface area contributed by atoms with Gasteiger partial charge in [0.1, 0.15) is 5.03 Å². The van der Waals surface area contributed by atoms with E-state index in [1.165, 1.54) is 14.2 Å². The van der Waals surface area contributed by atoms with Gasteiger partial charge >= 0.3 is 0 Å². The van der Waals surface area contributed by atoms with E-state index in [1.54, 1.807) is 13.8 Å². The molecule has 0 aliphatic carbocycles. The van der Waals surface area contributed by atoms with Crippen LogP contribution < -0.4 is 4.89 Å². The van der Waals surface area contributed by atoms with E-state index in [2.05, 4.69) is 4.18 Å². The van der Waals surface area contributed by atoms with Crippen molar-refractivity contribution in [1.82, 2.24) is 0 Å². The smallest absolute Gasteiger partial charge is 0.284 e. The molecule has 0 N–H and O–H groups in total. The summed E-state index contributed by atoms with van der Waals surface area (Å²) in [7, 11) is -1.16. The molecular formula is C7H12ClO5PS. The molecule has 15 heavy (non-hydrogen) atoms. The van der Waals surface area contributed by atoms with E-state index >= 15 is 0 Å². The van der Waals surface area contributed by atoms with Crippen LogP contribution in [-0.2, 0) is 24.3 Å². The molecule has 2 atom stereocenters. The number of halogens is 1. The molecule has 0 saturated carbocycles. The van der Waals surface area contributed by atoms with Gasteiger partial charge in [0.2, 0.25) is 11.1 Å². The van der Waals surface area contributed by atoms with Gasteiger partial charge in [-0.1, -0.05) is 11.6 Å². The molecule has 0 aromatic carbocycles. The fourth-order valence-corrected chi connectivity index (χ4v) is 5.08. The zero-order valence-corrected chi connectivity index (χ0v) is 11.2. The van der Waals surface area contributed by atoms with Crippen LogP contribution in [0.2, 0.25) is 0 Å². The molecule has 0 aromatic rings. The lowest BCUT2D eigenvalue weighted by Crippen LogP contribution is -2.22. The van der Waals surface area contributed by atoms with Crippen molar-refractivity contribution in [3.05, 3.63) is 9.68 Å². The molecule has 8 heteroatoms. The van der Waals surface area contributed by atoms with Gasteiger partial charge in [-0.05, 0) is 13.8 Å². The predicted molar refractivity (Wildman–Crippen MR) is 57.1 cm³/mol. The van der Waals surface area contributed by atoms with E-state index in [1.807, 2.05) is 0 Å². The van der Waals surface area contributed by atoms with Crippen molar-refractivity contribution in [3.63, 3.8) is 0 Å². The molecule has 1 heterocycles. The van der Waals surface area contributed by atoms with Crippen LogP contribution in [0.15, 0.2) is 9.68 Å². The van der Waals surface area contributed by atoms with Crippen LogP contribution >= 0.6 is 19.5 Å². The van der Waals surface area contributed by atoms with Crippen molar-refractivity contribution in [2.24, 2.45) is 0 Å². The lowest BCUT2D eigenvalue weighted by Gasteiger charge is -2.24. The lowest BCUT2D eigenvalue weighted by molar-refractivity contribution is -0.216. The second-order valence-corrected chi connectivity index (χ2v) is 7.18. The van der Waals surface area contributed by atoms with Crippen molar-refractivity contribution in [2.75, 3.05) is 14.2 Å². The maximum atomic E-state index is 12.1. The van der Waals surface area contributed by atoms with Gasteiger partial charge in [0.15, 0.2) is 5.60 Å². The van der Waals surface area contributed by atoms with Crippen molar-refractivity contribution in [1.29, 1.82) is 0 Å². The maximum absolute atomic E-state index is 12.1. The summed E-state index contributed by atoms with van der Waals surface area (Å²) >= 11 is 4.02. The first kappa shape index (κ1) is 13.5. The summed E-state index contributed by atoms with van der Waals surface area (Å²) in [4.78, 5) is 12.1. The van der Waals surface area contributed by atoms with Crippen LogP contribution in [0.1, 0.15) is 13.8 Å². The van der Waals surface area contributed by atoms with Gasteiger partial charge in [0, 0.05) is 0 Å². The number of rotatable bonds is 3. The minimum Gasteiger partial charge on any atom is -0.627 e. The van der Waals surface area contributed by atoms with E-state index in [9.17, 15) is 9.10 Å². The molecule has 0 radical (unpaired) electrons. The third-order valence-electron chi connectivity index (χ3n) is 1.86. The average Bonchev–Trinajstić information content (AvgIpc) is 2.34. The fourth-order valence-electron chi connectivity index (χ4n) is 1.12. The minimum atomic E-state index is -3.59. The van der Waals surface area contributed by atoms with E-state index in [0.717, 1.165) is 0 Å². The normalized spacial score (nSPS) is 32.1. The van der Waals surface area contributed by atoms with Crippen molar-refractivity contribution in [2.45, 2.75) is 19.4 Å². The highest BCUT2D eigenvalue weighted by Gasteiger charge is 2.57. The molecule has 2 unspecified atom stereocenters. The largest absolute Gasteiger partial charge is 0.627 e. The monoisotopic (exact) mass is 274 g/mol. The predicted octanol–water partition coefficient (Wildman–Crippen LogP) is 1.28. The van der Waals surface area contributed by atoms with Crippen LogP contribution in [0.3, 0.4) is 0 Å². The molecule has 1 aliphatic rings. The quantitative estimate of drug-likeness (QED) is 0.725. The Balaban J connectivity index is 3.25. The van der Waals surface area contributed by atoms with Gasteiger partial charge in [0.05, 0.1) is 14.2 Å². The van der Waals surface area contributed by atoms with Gasteiger partial charge in [-0.25, -0.2) is 8.73 Å². The fraction of sp³-hybridized carbons (Fsp3) is 0.714. The Morgan fingerprint density at radius 3 is 2.47 bits per heavy atom. The van der Waals surface area contributed by atoms with Crippen LogP contribution in [0, 0.1) is 0 Å². The number of hydrogen-bond donors (Lipinski definition) is 0. The van der Waals surface area contributed by atoms with Gasteiger partial charge in [-0.15, -0.1) is 0 Å². The first-order valence-corrected chi connectivity index (χ1v) is 7.01. The maximum Gasteiger partial charge on any atom is 0.284 e. The van der Waals surface area contributed by atoms with Gasteiger partial charge in [-0.3, -0.25) is 4.18 Å². The van der Waals surface area contributed by atoms with Crippen LogP contribution in [0.25, 0.3) is 0 Å². The zero-order chi connectivity index (χ0) is 11.9. The molecule has 0 spiro atoms. The molecular weight excluding hydrogens is 263 g/mol. The Morgan fingerprint density at radius 2 is 2.07 bits per heavy atom. The van der Waals surface area contributed by atoms with E-state index < -0.39 is 24.6 Å². The molecule has 1 rings (SSSR count). The van der Waals surface area contributed by atoms with Gasteiger partial charge < -0.3 is 4.89 Å². The summed E-state index contributed by atoms with van der Waals surface area (Å²) in [6.07, 6.45) is 0. The molecule has 88 valence electrons. The minimum absolute atomic E-state index is 0.105. The molecule has 1 aliphatic heterocycles. The van der Waals surface area contributed by atoms with Crippen molar-refractivity contribution < 1.29 is 22.3 Å². The standard InChI is InChI=1S/C7H12ClO5PS/c1-7(2)5(8)6(15(10)12-4)14(9,11-3)13-7/h1-4H3. The molecule has 0 fully saturated rings. The third-order valence-corrected chi connectivity index (χ3v) is 6.59. The Bertz CT molecular complexity index is 331. The SMILES string of the molecule is COS(=O)C1=C(Cl)C(C)(C)O[P+]1([O-])OC. The molecule has 0 amide bonds. The third kappa shape index (κ3) is 2.26. The Labute approximate surface area is 96.6 Å². The lowest BCUT2D eigenvalue weighted by atomic mass is 10.1. The van der Waals surface area contributed by atoms with Crippen molar-refractivity contribution in [3.8, 4) is 0 Å². The Kier molecular flexibility index (Phi) is 3.94. The van der Waals surface area contributed by atoms with Gasteiger partial charge in [0.25, 0.3) is 12.6 Å². The summed E-state index contributed by atoms with van der Waals surface area (Å²) in [5.41, 5.74) is -0.976. The highest BCUT2D eigenvalue weighted by Crippen LogP contribution is 2.70. The van der Waals surface area contributed by atoms with E-state index in [0.29, 0.717) is 0 Å². The molecule has 5 nitrogen and oxygen atoms in total. The number of hydrogen-bond acceptors (Lipinski definition) is 5. The molecule has 0 bridgehead atoms. The van der Waals surface area contributed by atoms with Crippen LogP contribution in [0.5, 0.6) is 0 Å². The topological polar surface area (TPSA) is 67.8 Å². The Morgan fingerprint density at radius 1 is 1.53 bits per heavy atom. The molecule has 0 saturated heterocycles. The summed E-state index contributed by atoms with van der Waals surface area (Å²) in [6, 6.07) is 0. The summed E-state index contributed by atoms with van der Waals surface area (Å²) < 4.78 is 25.9. The Hall–Kier alpha value is 0.450. The van der Waals surface area contributed by atoms with Crippen molar-refractivity contribution >= 4 is 30.6 Å². The average molecular weight is 275 g/mol. The highest BCUT2D eigenvalue weighted by molar-refractivity contribution is 7.96. The van der Waals surface area contributed by atoms with E-state index in [-0.39, 0.29) is 9.68 Å². The van der Waals surface area contributed by atoms with E-state index in [4.69, 9.17) is 20.6 Å². The zero-order valence-electron chi connectivity index (χ0n) is 8.77. The second-order valence-electron chi connectivity index (χ2n) is 3.30. The van der Waals surface area contributed by atoms with Crippen LogP contribution in [0.4, 0.5) is 0 Å². The summed E-state index contributed by atoms with van der Waals surface area (Å²) in [5.74, 6) is 0. The van der Waals surface area contributed by atoms with Crippen LogP contribution in [-0.4, -0.2) is 24.0 Å². The highest BCUT2D eigenvalue weighted by atomic mass is 35.5. The molecule has 0 aromatic heterocycles. The first-order chi connectivity index (χ1) is 6.78. The summed E-state index contributed by atoms with van der Waals surface area (Å²) in [6.45, 7) is 3.22. The first-order valence-electron chi connectivity index (χ1n) is 4.02. The summed E-state index contributed by atoms with van der Waals surface area (Å²) in [5, 5.41) is 0.105.